The standard InChI is InChI=1S/C22H16ClF3N4O2/c1-13-2-4-15(8-19(13)30-20(31)7-3-14-10-27-12-28-11-14)21(32)29-16-5-6-18(23)17(9-16)22(24,25)26/h2-12H,1H3,(H,29,32)(H,30,31). The quantitative estimate of drug-likeness (QED) is 0.502. The Morgan fingerprint density at radius 2 is 1.75 bits per heavy atom. The number of hydrogen-bond acceptors (Lipinski definition) is 4. The predicted molar refractivity (Wildman–Crippen MR) is 115 cm³/mol. The molecule has 2 N–H and O–H groups in total. The Hall–Kier alpha value is -3.72. The molecule has 0 radical (unpaired) electrons. The molecule has 32 heavy (non-hydrogen) atoms. The van der Waals surface area contributed by atoms with Crippen LogP contribution in [0.2, 0.25) is 5.02 Å². The van der Waals surface area contributed by atoms with Crippen molar-refractivity contribution in [3.05, 3.63) is 88.5 Å². The SMILES string of the molecule is Cc1ccc(C(=O)Nc2ccc(Cl)c(C(F)(F)F)c2)cc1NC(=O)C=Cc1cncnc1. The van der Waals surface area contributed by atoms with Crippen LogP contribution in [0.4, 0.5) is 24.5 Å². The third-order valence-electron chi connectivity index (χ3n) is 4.29. The number of halogens is 4. The fourth-order valence-electron chi connectivity index (χ4n) is 2.66. The van der Waals surface area contributed by atoms with Crippen molar-refractivity contribution in [1.29, 1.82) is 0 Å². The van der Waals surface area contributed by atoms with Crippen LogP contribution in [0.25, 0.3) is 6.08 Å². The van der Waals surface area contributed by atoms with Crippen LogP contribution in [-0.4, -0.2) is 21.8 Å². The topological polar surface area (TPSA) is 84.0 Å². The van der Waals surface area contributed by atoms with E-state index in [-0.39, 0.29) is 11.3 Å². The highest BCUT2D eigenvalue weighted by Gasteiger charge is 2.33. The van der Waals surface area contributed by atoms with Crippen molar-refractivity contribution in [2.75, 3.05) is 10.6 Å². The Balaban J connectivity index is 1.74. The average Bonchev–Trinajstić information content (AvgIpc) is 2.75. The molecule has 0 aliphatic carbocycles. The molecule has 10 heteroatoms. The molecule has 2 amide bonds. The maximum atomic E-state index is 13.0. The van der Waals surface area contributed by atoms with Crippen molar-refractivity contribution in [1.82, 2.24) is 9.97 Å². The molecule has 0 atom stereocenters. The zero-order valence-corrected chi connectivity index (χ0v) is 17.3. The van der Waals surface area contributed by atoms with Gasteiger partial charge in [-0.05, 0) is 48.9 Å². The predicted octanol–water partition coefficient (Wildman–Crippen LogP) is 5.36. The van der Waals surface area contributed by atoms with E-state index in [9.17, 15) is 22.8 Å². The summed E-state index contributed by atoms with van der Waals surface area (Å²) in [6.07, 6.45) is 2.60. The summed E-state index contributed by atoms with van der Waals surface area (Å²) in [5, 5.41) is 4.60. The molecular weight excluding hydrogens is 445 g/mol. The fraction of sp³-hybridized carbons (Fsp3) is 0.0909. The van der Waals surface area contributed by atoms with Crippen LogP contribution in [0.15, 0.2) is 61.2 Å². The number of aromatic nitrogens is 2. The lowest BCUT2D eigenvalue weighted by molar-refractivity contribution is -0.137. The maximum Gasteiger partial charge on any atom is 0.417 e. The minimum Gasteiger partial charge on any atom is -0.322 e. The van der Waals surface area contributed by atoms with Crippen LogP contribution in [0.5, 0.6) is 0 Å². The van der Waals surface area contributed by atoms with Gasteiger partial charge in [0.2, 0.25) is 5.91 Å². The minimum atomic E-state index is -4.65. The number of amides is 2. The first-order valence-corrected chi connectivity index (χ1v) is 9.54. The minimum absolute atomic E-state index is 0.0640. The van der Waals surface area contributed by atoms with Crippen molar-refractivity contribution in [3.8, 4) is 0 Å². The Kier molecular flexibility index (Phi) is 6.89. The smallest absolute Gasteiger partial charge is 0.322 e. The highest BCUT2D eigenvalue weighted by atomic mass is 35.5. The van der Waals surface area contributed by atoms with E-state index in [1.807, 2.05) is 0 Å². The molecule has 3 rings (SSSR count). The number of rotatable bonds is 5. The van der Waals surface area contributed by atoms with E-state index >= 15 is 0 Å². The summed E-state index contributed by atoms with van der Waals surface area (Å²) in [5.41, 5.74) is 0.736. The molecule has 0 unspecified atom stereocenters. The van der Waals surface area contributed by atoms with Gasteiger partial charge in [0.15, 0.2) is 0 Å². The molecule has 0 saturated carbocycles. The van der Waals surface area contributed by atoms with Crippen LogP contribution >= 0.6 is 11.6 Å². The molecule has 1 aromatic heterocycles. The second-order valence-electron chi connectivity index (χ2n) is 6.67. The molecule has 0 bridgehead atoms. The van der Waals surface area contributed by atoms with Gasteiger partial charge in [-0.3, -0.25) is 9.59 Å². The van der Waals surface area contributed by atoms with E-state index in [0.717, 1.165) is 12.1 Å². The van der Waals surface area contributed by atoms with Gasteiger partial charge in [0, 0.05) is 41.0 Å². The lowest BCUT2D eigenvalue weighted by Crippen LogP contribution is -2.15. The number of hydrogen-bond donors (Lipinski definition) is 2. The van der Waals surface area contributed by atoms with Crippen molar-refractivity contribution >= 4 is 40.9 Å². The molecule has 164 valence electrons. The van der Waals surface area contributed by atoms with E-state index in [2.05, 4.69) is 20.6 Å². The van der Waals surface area contributed by atoms with Crippen LogP contribution < -0.4 is 10.6 Å². The van der Waals surface area contributed by atoms with Crippen molar-refractivity contribution < 1.29 is 22.8 Å². The van der Waals surface area contributed by atoms with Gasteiger partial charge in [0.25, 0.3) is 5.91 Å². The number of benzene rings is 2. The zero-order valence-electron chi connectivity index (χ0n) is 16.6. The molecule has 0 aliphatic heterocycles. The first kappa shape index (κ1) is 23.0. The monoisotopic (exact) mass is 460 g/mol. The van der Waals surface area contributed by atoms with Gasteiger partial charge < -0.3 is 10.6 Å². The van der Waals surface area contributed by atoms with E-state index in [1.54, 1.807) is 13.0 Å². The normalized spacial score (nSPS) is 11.4. The molecule has 6 nitrogen and oxygen atoms in total. The van der Waals surface area contributed by atoms with Crippen LogP contribution in [0, 0.1) is 6.92 Å². The fourth-order valence-corrected chi connectivity index (χ4v) is 2.89. The Bertz CT molecular complexity index is 1180. The van der Waals surface area contributed by atoms with Gasteiger partial charge in [0.1, 0.15) is 6.33 Å². The van der Waals surface area contributed by atoms with Gasteiger partial charge in [-0.2, -0.15) is 13.2 Å². The summed E-state index contributed by atoms with van der Waals surface area (Å²) >= 11 is 5.60. The Morgan fingerprint density at radius 3 is 2.44 bits per heavy atom. The molecule has 0 spiro atoms. The lowest BCUT2D eigenvalue weighted by Gasteiger charge is -2.13. The summed E-state index contributed by atoms with van der Waals surface area (Å²) in [4.78, 5) is 32.5. The van der Waals surface area contributed by atoms with Gasteiger partial charge in [-0.15, -0.1) is 0 Å². The summed E-state index contributed by atoms with van der Waals surface area (Å²) in [6, 6.07) is 7.63. The zero-order chi connectivity index (χ0) is 23.3. The van der Waals surface area contributed by atoms with Gasteiger partial charge >= 0.3 is 6.18 Å². The highest BCUT2D eigenvalue weighted by Crippen LogP contribution is 2.36. The van der Waals surface area contributed by atoms with Crippen LogP contribution in [0.3, 0.4) is 0 Å². The largest absolute Gasteiger partial charge is 0.417 e. The Labute approximate surface area is 186 Å². The third-order valence-corrected chi connectivity index (χ3v) is 4.62. The van der Waals surface area contributed by atoms with Gasteiger partial charge in [-0.1, -0.05) is 17.7 Å². The second-order valence-corrected chi connectivity index (χ2v) is 7.08. The first-order chi connectivity index (χ1) is 15.1. The highest BCUT2D eigenvalue weighted by molar-refractivity contribution is 6.31. The van der Waals surface area contributed by atoms with Crippen molar-refractivity contribution in [2.45, 2.75) is 13.1 Å². The molecule has 1 heterocycles. The van der Waals surface area contributed by atoms with Crippen molar-refractivity contribution in [3.63, 3.8) is 0 Å². The Morgan fingerprint density at radius 1 is 1.03 bits per heavy atom. The van der Waals surface area contributed by atoms with Gasteiger partial charge in [0.05, 0.1) is 10.6 Å². The van der Waals surface area contributed by atoms with E-state index in [4.69, 9.17) is 11.6 Å². The number of nitrogens with zero attached hydrogens (tertiary/aromatic N) is 2. The molecule has 0 fully saturated rings. The number of nitrogens with one attached hydrogen (secondary N) is 2. The number of carbonyl (C=O) groups excluding carboxylic acids is 2. The van der Waals surface area contributed by atoms with Crippen LogP contribution in [-0.2, 0) is 11.0 Å². The number of aryl methyl sites for hydroxylation is 1. The summed E-state index contributed by atoms with van der Waals surface area (Å²) in [5.74, 6) is -1.09. The lowest BCUT2D eigenvalue weighted by atomic mass is 10.1. The third kappa shape index (κ3) is 5.92. The number of alkyl halides is 3. The summed E-state index contributed by atoms with van der Waals surface area (Å²) in [7, 11) is 0. The number of carbonyl (C=O) groups is 2. The first-order valence-electron chi connectivity index (χ1n) is 9.16. The molecular formula is C22H16ClF3N4O2. The summed E-state index contributed by atoms with van der Waals surface area (Å²) < 4.78 is 39.1. The summed E-state index contributed by atoms with van der Waals surface area (Å²) in [6.45, 7) is 1.74. The van der Waals surface area contributed by atoms with E-state index in [0.29, 0.717) is 16.8 Å². The number of anilines is 2. The molecule has 0 aliphatic rings. The second kappa shape index (κ2) is 9.61. The van der Waals surface area contributed by atoms with Gasteiger partial charge in [-0.25, -0.2) is 9.97 Å². The van der Waals surface area contributed by atoms with Crippen molar-refractivity contribution in [2.24, 2.45) is 0 Å². The average molecular weight is 461 g/mol. The van der Waals surface area contributed by atoms with Crippen LogP contribution in [0.1, 0.15) is 27.0 Å². The molecule has 2 aromatic carbocycles. The maximum absolute atomic E-state index is 13.0. The van der Waals surface area contributed by atoms with E-state index in [1.165, 1.54) is 49.1 Å². The molecule has 3 aromatic rings. The molecule has 0 saturated heterocycles. The van der Waals surface area contributed by atoms with E-state index < -0.39 is 28.6 Å².